The Morgan fingerprint density at radius 2 is 1.60 bits per heavy atom. The lowest BCUT2D eigenvalue weighted by Gasteiger charge is -2.32. The highest BCUT2D eigenvalue weighted by Gasteiger charge is 2.40. The summed E-state index contributed by atoms with van der Waals surface area (Å²) in [6.45, 7) is 7.36. The number of amides is 6. The Bertz CT molecular complexity index is 1890. The van der Waals surface area contributed by atoms with Gasteiger partial charge in [0.1, 0.15) is 36.2 Å². The molecule has 0 aliphatic heterocycles. The average Bonchev–Trinajstić information content (AvgIpc) is 3.20. The predicted octanol–water partition coefficient (Wildman–Crippen LogP) is 1.91. The molecule has 0 spiro atoms. The zero-order valence-electron chi connectivity index (χ0n) is 33.5. The normalized spacial score (nSPS) is 15.9. The molecule has 19 heteroatoms. The second-order valence-electron chi connectivity index (χ2n) is 15.0. The number of nitrogens with two attached hydrogens (primary N) is 1. The number of nitrogens with zero attached hydrogens (tertiary/aromatic N) is 3. The van der Waals surface area contributed by atoms with Crippen molar-refractivity contribution in [2.75, 3.05) is 6.54 Å². The van der Waals surface area contributed by atoms with Gasteiger partial charge in [-0.1, -0.05) is 79.2 Å². The lowest BCUT2D eigenvalue weighted by molar-refractivity contribution is -0.142. The molecule has 1 aliphatic carbocycles. The van der Waals surface area contributed by atoms with E-state index in [2.05, 4.69) is 25.9 Å². The summed E-state index contributed by atoms with van der Waals surface area (Å²) in [7, 11) is -5.04. The SMILES string of the molecule is CC[C@H](N)C(=O)C(=O)NC(=O)CN(C(=O)[C@H](CC1CCCCC1)NC(=O)[C@@H](NC(=O)[C@H](CC(C)C)NC(=O)c1cnccn1)[C@@H](C)CC)S(=O)(=O)c1cccc(F)c1. The third kappa shape index (κ3) is 13.5. The van der Waals surface area contributed by atoms with Gasteiger partial charge in [0.25, 0.3) is 27.7 Å². The van der Waals surface area contributed by atoms with Crippen molar-refractivity contribution < 1.29 is 46.4 Å². The summed E-state index contributed by atoms with van der Waals surface area (Å²) in [5.41, 5.74) is 5.61. The van der Waals surface area contributed by atoms with Gasteiger partial charge in [0.15, 0.2) is 0 Å². The van der Waals surface area contributed by atoms with Crippen molar-refractivity contribution in [3.8, 4) is 0 Å². The molecule has 17 nitrogen and oxygen atoms in total. The van der Waals surface area contributed by atoms with Crippen LogP contribution in [-0.2, 0) is 38.8 Å². The minimum Gasteiger partial charge on any atom is -0.342 e. The van der Waals surface area contributed by atoms with Gasteiger partial charge in [0, 0.05) is 12.4 Å². The molecule has 1 aliphatic rings. The minimum atomic E-state index is -5.04. The molecule has 1 aromatic carbocycles. The first kappa shape index (κ1) is 47.2. The monoisotopic (exact) mass is 830 g/mol. The molecule has 0 radical (unpaired) electrons. The Labute approximate surface area is 338 Å². The lowest BCUT2D eigenvalue weighted by Crippen LogP contribution is -2.60. The summed E-state index contributed by atoms with van der Waals surface area (Å²) in [5.74, 6) is -9.15. The van der Waals surface area contributed by atoms with Crippen molar-refractivity contribution in [2.45, 2.75) is 121 Å². The van der Waals surface area contributed by atoms with E-state index in [1.54, 1.807) is 19.2 Å². The molecule has 318 valence electrons. The number of hydrogen-bond donors (Lipinski definition) is 5. The van der Waals surface area contributed by atoms with Crippen LogP contribution in [-0.4, -0.2) is 94.6 Å². The number of carbonyl (C=O) groups is 7. The molecule has 58 heavy (non-hydrogen) atoms. The van der Waals surface area contributed by atoms with Crippen LogP contribution in [0.3, 0.4) is 0 Å². The van der Waals surface area contributed by atoms with Gasteiger partial charge in [0.05, 0.1) is 17.1 Å². The van der Waals surface area contributed by atoms with Crippen molar-refractivity contribution in [3.63, 3.8) is 0 Å². The largest absolute Gasteiger partial charge is 0.342 e. The number of nitrogens with one attached hydrogen (secondary N) is 4. The van der Waals surface area contributed by atoms with Crippen molar-refractivity contribution in [2.24, 2.45) is 23.5 Å². The molecule has 3 rings (SSSR count). The summed E-state index contributed by atoms with van der Waals surface area (Å²) in [6, 6.07) is -1.53. The lowest BCUT2D eigenvalue weighted by atomic mass is 9.84. The molecule has 2 aromatic rings. The first-order chi connectivity index (χ1) is 27.4. The van der Waals surface area contributed by atoms with E-state index in [1.165, 1.54) is 25.5 Å². The maximum absolute atomic E-state index is 14.6. The Hall–Kier alpha value is -5.17. The van der Waals surface area contributed by atoms with Gasteiger partial charge in [-0.15, -0.1) is 0 Å². The molecule has 6 N–H and O–H groups in total. The van der Waals surface area contributed by atoms with Gasteiger partial charge in [-0.25, -0.2) is 22.1 Å². The highest BCUT2D eigenvalue weighted by atomic mass is 32.2. The zero-order chi connectivity index (χ0) is 43.2. The van der Waals surface area contributed by atoms with E-state index in [9.17, 15) is 46.4 Å². The van der Waals surface area contributed by atoms with Gasteiger partial charge >= 0.3 is 0 Å². The molecule has 1 saturated carbocycles. The number of rotatable bonds is 20. The molecule has 0 unspecified atom stereocenters. The fourth-order valence-corrected chi connectivity index (χ4v) is 7.89. The van der Waals surface area contributed by atoms with E-state index in [0.717, 1.165) is 37.5 Å². The number of Topliss-reactive ketones (excluding diaryl/α,β-unsaturated/α-hetero) is 1. The second kappa shape index (κ2) is 22.1. The van der Waals surface area contributed by atoms with E-state index in [0.29, 0.717) is 25.3 Å². The number of aromatic nitrogens is 2. The summed E-state index contributed by atoms with van der Waals surface area (Å²) in [5, 5.41) is 9.78. The van der Waals surface area contributed by atoms with E-state index in [4.69, 9.17) is 5.73 Å². The highest BCUT2D eigenvalue weighted by Crippen LogP contribution is 2.29. The second-order valence-corrected chi connectivity index (χ2v) is 16.8. The number of carbonyl (C=O) groups excluding carboxylic acids is 7. The van der Waals surface area contributed by atoms with E-state index >= 15 is 0 Å². The van der Waals surface area contributed by atoms with Gasteiger partial charge in [-0.2, -0.15) is 0 Å². The number of sulfonamides is 1. The molecule has 0 saturated heterocycles. The fourth-order valence-electron chi connectivity index (χ4n) is 6.47. The van der Waals surface area contributed by atoms with E-state index < -0.39 is 98.6 Å². The predicted molar refractivity (Wildman–Crippen MR) is 209 cm³/mol. The molecule has 1 fully saturated rings. The number of ketones is 1. The molecule has 0 bridgehead atoms. The third-order valence-corrected chi connectivity index (χ3v) is 11.7. The van der Waals surface area contributed by atoms with Crippen molar-refractivity contribution in [1.29, 1.82) is 0 Å². The first-order valence-corrected chi connectivity index (χ1v) is 21.0. The van der Waals surface area contributed by atoms with Gasteiger partial charge in [0.2, 0.25) is 23.5 Å². The standard InChI is InChI=1S/C39H55FN8O9S/c1-6-24(5)33(47-35(51)29(18-23(3)4)44-36(52)31-21-42-16-17-43-31)37(53)45-30(19-25-12-9-8-10-13-25)39(55)48(58(56,57)27-15-11-14-26(40)20-27)22-32(49)46-38(54)34(50)28(41)7-2/h11,14-17,20-21,23-25,28-30,33H,6-10,12-13,18-19,22,41H2,1-5H3,(H,44,52)(H,45,53)(H,47,51)(H,46,49,54)/t24-,28-,29-,30-,33-/m0/s1. The van der Waals surface area contributed by atoms with Crippen LogP contribution in [0.4, 0.5) is 4.39 Å². The maximum Gasteiger partial charge on any atom is 0.295 e. The van der Waals surface area contributed by atoms with Gasteiger partial charge in [-0.3, -0.25) is 43.9 Å². The Balaban J connectivity index is 2.01. The maximum atomic E-state index is 14.6. The number of benzene rings is 1. The molecule has 5 atom stereocenters. The van der Waals surface area contributed by atoms with E-state index in [-0.39, 0.29) is 41.1 Å². The van der Waals surface area contributed by atoms with E-state index in [1.807, 2.05) is 13.8 Å². The molecule has 1 aromatic heterocycles. The number of hydrogen-bond acceptors (Lipinski definition) is 12. The smallest absolute Gasteiger partial charge is 0.295 e. The quantitative estimate of drug-likeness (QED) is 0.120. The molecular weight excluding hydrogens is 776 g/mol. The van der Waals surface area contributed by atoms with Crippen molar-refractivity contribution >= 4 is 51.2 Å². The van der Waals surface area contributed by atoms with Crippen LogP contribution in [0.1, 0.15) is 103 Å². The molecule has 6 amide bonds. The number of imide groups is 1. The van der Waals surface area contributed by atoms with Crippen LogP contribution < -0.4 is 27.0 Å². The van der Waals surface area contributed by atoms with Crippen LogP contribution in [0.5, 0.6) is 0 Å². The van der Waals surface area contributed by atoms with Gasteiger partial charge in [-0.05, 0) is 55.2 Å². The summed E-state index contributed by atoms with van der Waals surface area (Å²) in [6.07, 6.45) is 8.36. The van der Waals surface area contributed by atoms with Crippen LogP contribution in [0, 0.1) is 23.6 Å². The van der Waals surface area contributed by atoms with Crippen LogP contribution in [0.25, 0.3) is 0 Å². The third-order valence-electron chi connectivity index (χ3n) is 10.00. The molecule has 1 heterocycles. The minimum absolute atomic E-state index is 0.0312. The van der Waals surface area contributed by atoms with Gasteiger partial charge < -0.3 is 21.7 Å². The highest BCUT2D eigenvalue weighted by molar-refractivity contribution is 7.89. The first-order valence-electron chi connectivity index (χ1n) is 19.5. The average molecular weight is 831 g/mol. The van der Waals surface area contributed by atoms with Crippen molar-refractivity contribution in [3.05, 3.63) is 54.4 Å². The molecular formula is C39H55FN8O9S. The van der Waals surface area contributed by atoms with Crippen molar-refractivity contribution in [1.82, 2.24) is 35.5 Å². The number of halogens is 1. The Morgan fingerprint density at radius 3 is 2.19 bits per heavy atom. The Morgan fingerprint density at radius 1 is 0.914 bits per heavy atom. The fraction of sp³-hybridized carbons (Fsp3) is 0.564. The zero-order valence-corrected chi connectivity index (χ0v) is 34.3. The van der Waals surface area contributed by atoms with Crippen LogP contribution in [0.15, 0.2) is 47.8 Å². The van der Waals surface area contributed by atoms with Crippen LogP contribution >= 0.6 is 0 Å². The van der Waals surface area contributed by atoms with Crippen LogP contribution in [0.2, 0.25) is 0 Å². The topological polar surface area (TPSA) is 257 Å². The summed E-state index contributed by atoms with van der Waals surface area (Å²) in [4.78, 5) is 101. The Kier molecular flexibility index (Phi) is 18.0. The summed E-state index contributed by atoms with van der Waals surface area (Å²) < 4.78 is 42.7. The summed E-state index contributed by atoms with van der Waals surface area (Å²) >= 11 is 0.